The summed E-state index contributed by atoms with van der Waals surface area (Å²) in [7, 11) is 0. The Kier molecular flexibility index (Phi) is 4.47. The van der Waals surface area contributed by atoms with Crippen molar-refractivity contribution in [2.45, 2.75) is 25.8 Å². The van der Waals surface area contributed by atoms with E-state index < -0.39 is 17.7 Å². The Bertz CT molecular complexity index is 688. The molecule has 0 aliphatic rings. The lowest BCUT2D eigenvalue weighted by Gasteiger charge is -2.13. The van der Waals surface area contributed by atoms with Crippen molar-refractivity contribution in [2.24, 2.45) is 0 Å². The topological polar surface area (TPSA) is 79.3 Å². The quantitative estimate of drug-likeness (QED) is 0.886. The fraction of sp³-hybridized carbons (Fsp3) is 0.267. The van der Waals surface area contributed by atoms with Crippen LogP contribution in [-0.4, -0.2) is 28.0 Å². The molecule has 21 heavy (non-hydrogen) atoms. The number of aromatic nitrogens is 1. The van der Waals surface area contributed by atoms with Crippen molar-refractivity contribution in [1.82, 2.24) is 10.3 Å². The third kappa shape index (κ3) is 3.75. The third-order valence-electron chi connectivity index (χ3n) is 3.08. The molecule has 1 unspecified atom stereocenters. The van der Waals surface area contributed by atoms with Gasteiger partial charge >= 0.3 is 5.97 Å². The van der Waals surface area contributed by atoms with Crippen molar-refractivity contribution in [2.75, 3.05) is 0 Å². The van der Waals surface area contributed by atoms with E-state index in [1.54, 1.807) is 19.1 Å². The highest BCUT2D eigenvalue weighted by atomic mass is 19.1. The van der Waals surface area contributed by atoms with Crippen LogP contribution < -0.4 is 5.32 Å². The largest absolute Gasteiger partial charge is 0.481 e. The second-order valence-corrected chi connectivity index (χ2v) is 4.84. The van der Waals surface area contributed by atoms with Gasteiger partial charge in [-0.1, -0.05) is 6.07 Å². The van der Waals surface area contributed by atoms with Crippen LogP contribution in [0.15, 0.2) is 30.5 Å². The Labute approximate surface area is 120 Å². The van der Waals surface area contributed by atoms with E-state index >= 15 is 0 Å². The minimum atomic E-state index is -0.922. The van der Waals surface area contributed by atoms with Crippen molar-refractivity contribution in [3.05, 3.63) is 41.8 Å². The molecule has 1 amide bonds. The number of nitrogens with one attached hydrogen (secondary N) is 1. The first kappa shape index (κ1) is 14.9. The number of fused-ring (bicyclic) bond motifs is 1. The van der Waals surface area contributed by atoms with Crippen LogP contribution in [0.3, 0.4) is 0 Å². The summed E-state index contributed by atoms with van der Waals surface area (Å²) >= 11 is 0. The molecular formula is C15H15FN2O3. The van der Waals surface area contributed by atoms with E-state index in [0.717, 1.165) is 6.07 Å². The van der Waals surface area contributed by atoms with Crippen LogP contribution >= 0.6 is 0 Å². The minimum absolute atomic E-state index is 0.0381. The first-order valence-corrected chi connectivity index (χ1v) is 6.54. The molecule has 110 valence electrons. The molecule has 1 aromatic carbocycles. The molecule has 0 saturated carbocycles. The Balaban J connectivity index is 2.21. The summed E-state index contributed by atoms with van der Waals surface area (Å²) in [4.78, 5) is 26.8. The number of rotatable bonds is 5. The van der Waals surface area contributed by atoms with E-state index in [2.05, 4.69) is 10.3 Å². The molecule has 2 aromatic rings. The van der Waals surface area contributed by atoms with Gasteiger partial charge in [0.2, 0.25) is 0 Å². The number of carboxylic acid groups (broad SMARTS) is 1. The zero-order valence-electron chi connectivity index (χ0n) is 11.5. The summed E-state index contributed by atoms with van der Waals surface area (Å²) < 4.78 is 13.6. The van der Waals surface area contributed by atoms with Gasteiger partial charge in [-0.2, -0.15) is 0 Å². The van der Waals surface area contributed by atoms with Gasteiger partial charge in [0.15, 0.2) is 0 Å². The predicted molar refractivity (Wildman–Crippen MR) is 75.5 cm³/mol. The van der Waals surface area contributed by atoms with Gasteiger partial charge in [0.25, 0.3) is 5.91 Å². The molecule has 0 spiro atoms. The number of aliphatic carboxylic acids is 1. The molecule has 0 saturated heterocycles. The number of hydrogen-bond acceptors (Lipinski definition) is 3. The molecule has 0 radical (unpaired) electrons. The maximum atomic E-state index is 13.6. The highest BCUT2D eigenvalue weighted by molar-refractivity contribution is 6.05. The zero-order chi connectivity index (χ0) is 15.4. The number of amides is 1. The molecule has 1 aromatic heterocycles. The monoisotopic (exact) mass is 290 g/mol. The summed E-state index contributed by atoms with van der Waals surface area (Å²) in [6, 6.07) is 5.46. The van der Waals surface area contributed by atoms with Gasteiger partial charge in [0.1, 0.15) is 5.82 Å². The van der Waals surface area contributed by atoms with Crippen LogP contribution in [-0.2, 0) is 4.79 Å². The second kappa shape index (κ2) is 6.30. The van der Waals surface area contributed by atoms with Crippen LogP contribution in [0.25, 0.3) is 10.9 Å². The van der Waals surface area contributed by atoms with Crippen LogP contribution in [0.5, 0.6) is 0 Å². The minimum Gasteiger partial charge on any atom is -0.481 e. The van der Waals surface area contributed by atoms with Crippen LogP contribution in [0, 0.1) is 5.82 Å². The molecule has 6 heteroatoms. The molecule has 5 nitrogen and oxygen atoms in total. The van der Waals surface area contributed by atoms with Gasteiger partial charge < -0.3 is 10.4 Å². The molecule has 0 aliphatic heterocycles. The number of hydrogen-bond donors (Lipinski definition) is 2. The lowest BCUT2D eigenvalue weighted by molar-refractivity contribution is -0.137. The van der Waals surface area contributed by atoms with E-state index in [-0.39, 0.29) is 18.0 Å². The fourth-order valence-corrected chi connectivity index (χ4v) is 2.04. The van der Waals surface area contributed by atoms with Crippen molar-refractivity contribution in [1.29, 1.82) is 0 Å². The van der Waals surface area contributed by atoms with E-state index in [0.29, 0.717) is 17.3 Å². The lowest BCUT2D eigenvalue weighted by atomic mass is 10.1. The SMILES string of the molecule is CC(CCC(=O)O)NC(=O)c1cc(F)cc2cccnc12. The summed E-state index contributed by atoms with van der Waals surface area (Å²) in [6.45, 7) is 1.70. The maximum Gasteiger partial charge on any atom is 0.303 e. The van der Waals surface area contributed by atoms with Crippen LogP contribution in [0.1, 0.15) is 30.1 Å². The molecule has 1 heterocycles. The zero-order valence-corrected chi connectivity index (χ0v) is 11.5. The number of nitrogens with zero attached hydrogens (tertiary/aromatic N) is 1. The van der Waals surface area contributed by atoms with E-state index in [9.17, 15) is 14.0 Å². The van der Waals surface area contributed by atoms with E-state index in [1.165, 1.54) is 12.3 Å². The lowest BCUT2D eigenvalue weighted by Crippen LogP contribution is -2.33. The fourth-order valence-electron chi connectivity index (χ4n) is 2.04. The van der Waals surface area contributed by atoms with Crippen molar-refractivity contribution >= 4 is 22.8 Å². The number of carbonyl (C=O) groups is 2. The molecule has 1 atom stereocenters. The summed E-state index contributed by atoms with van der Waals surface area (Å²) in [6.07, 6.45) is 1.80. The Morgan fingerprint density at radius 1 is 1.43 bits per heavy atom. The Morgan fingerprint density at radius 3 is 2.90 bits per heavy atom. The molecule has 2 rings (SSSR count). The first-order chi connectivity index (χ1) is 9.97. The van der Waals surface area contributed by atoms with Gasteiger partial charge in [-0.05, 0) is 31.5 Å². The number of carboxylic acids is 1. The first-order valence-electron chi connectivity index (χ1n) is 6.54. The van der Waals surface area contributed by atoms with Crippen LogP contribution in [0.2, 0.25) is 0 Å². The average Bonchev–Trinajstić information content (AvgIpc) is 2.44. The average molecular weight is 290 g/mol. The number of pyridine rings is 1. The van der Waals surface area contributed by atoms with Crippen molar-refractivity contribution < 1.29 is 19.1 Å². The number of benzene rings is 1. The second-order valence-electron chi connectivity index (χ2n) is 4.84. The van der Waals surface area contributed by atoms with Gasteiger partial charge in [0.05, 0.1) is 11.1 Å². The summed E-state index contributed by atoms with van der Waals surface area (Å²) in [5.74, 6) is -1.90. The van der Waals surface area contributed by atoms with Crippen molar-refractivity contribution in [3.8, 4) is 0 Å². The highest BCUT2D eigenvalue weighted by Gasteiger charge is 2.15. The molecule has 0 fully saturated rings. The van der Waals surface area contributed by atoms with Crippen molar-refractivity contribution in [3.63, 3.8) is 0 Å². The van der Waals surface area contributed by atoms with Gasteiger partial charge in [-0.25, -0.2) is 4.39 Å². The van der Waals surface area contributed by atoms with Gasteiger partial charge in [-0.3, -0.25) is 14.6 Å². The third-order valence-corrected chi connectivity index (χ3v) is 3.08. The van der Waals surface area contributed by atoms with E-state index in [1.807, 2.05) is 0 Å². The van der Waals surface area contributed by atoms with Gasteiger partial charge in [0, 0.05) is 24.0 Å². The highest BCUT2D eigenvalue weighted by Crippen LogP contribution is 2.18. The number of carbonyl (C=O) groups excluding carboxylic acids is 1. The Hall–Kier alpha value is -2.50. The maximum absolute atomic E-state index is 13.6. The standard InChI is InChI=1S/C15H15FN2O3/c1-9(4-5-13(19)20)18-15(21)12-8-11(16)7-10-3-2-6-17-14(10)12/h2-3,6-9H,4-5H2,1H3,(H,18,21)(H,19,20). The summed E-state index contributed by atoms with van der Waals surface area (Å²) in [5.41, 5.74) is 0.564. The van der Waals surface area contributed by atoms with E-state index in [4.69, 9.17) is 5.11 Å². The molecule has 2 N–H and O–H groups in total. The smallest absolute Gasteiger partial charge is 0.303 e. The predicted octanol–water partition coefficient (Wildman–Crippen LogP) is 2.36. The Morgan fingerprint density at radius 2 is 2.19 bits per heavy atom. The van der Waals surface area contributed by atoms with Gasteiger partial charge in [-0.15, -0.1) is 0 Å². The number of halogens is 1. The summed E-state index contributed by atoms with van der Waals surface area (Å²) in [5, 5.41) is 11.8. The molecule has 0 aliphatic carbocycles. The molecule has 0 bridgehead atoms. The molecular weight excluding hydrogens is 275 g/mol. The normalized spacial score (nSPS) is 12.1. The van der Waals surface area contributed by atoms with Crippen LogP contribution in [0.4, 0.5) is 4.39 Å².